The summed E-state index contributed by atoms with van der Waals surface area (Å²) < 4.78 is 0. The lowest BCUT2D eigenvalue weighted by Crippen LogP contribution is -2.40. The van der Waals surface area contributed by atoms with Gasteiger partial charge >= 0.3 is 0 Å². The highest BCUT2D eigenvalue weighted by Gasteiger charge is 2.23. The monoisotopic (exact) mass is 238 g/mol. The lowest BCUT2D eigenvalue weighted by Gasteiger charge is -2.29. The van der Waals surface area contributed by atoms with Crippen molar-refractivity contribution in [2.75, 3.05) is 19.6 Å². The number of rotatable bonds is 5. The molecule has 3 unspecified atom stereocenters. The molecule has 0 amide bonds. The maximum Gasteiger partial charge on any atom is 0.0110 e. The maximum absolute atomic E-state index is 3.78. The van der Waals surface area contributed by atoms with Crippen molar-refractivity contribution in [3.8, 4) is 0 Å². The van der Waals surface area contributed by atoms with Crippen LogP contribution < -0.4 is 5.32 Å². The molecule has 0 aromatic carbocycles. The van der Waals surface area contributed by atoms with Gasteiger partial charge in [0.15, 0.2) is 0 Å². The quantitative estimate of drug-likeness (QED) is 0.792. The molecule has 0 aromatic rings. The molecule has 1 heterocycles. The molecular weight excluding hydrogens is 208 g/mol. The number of nitrogens with zero attached hydrogens (tertiary/aromatic N) is 1. The largest absolute Gasteiger partial charge is 0.313 e. The molecular formula is C15H30N2. The number of hydrogen-bond donors (Lipinski definition) is 1. The minimum Gasteiger partial charge on any atom is -0.313 e. The van der Waals surface area contributed by atoms with Crippen molar-refractivity contribution in [3.05, 3.63) is 0 Å². The second-order valence-electron chi connectivity index (χ2n) is 6.16. The van der Waals surface area contributed by atoms with E-state index in [4.69, 9.17) is 0 Å². The third-order valence-corrected chi connectivity index (χ3v) is 4.74. The summed E-state index contributed by atoms with van der Waals surface area (Å²) in [7, 11) is 0. The van der Waals surface area contributed by atoms with Crippen LogP contribution in [0.15, 0.2) is 0 Å². The van der Waals surface area contributed by atoms with Crippen LogP contribution >= 0.6 is 0 Å². The van der Waals surface area contributed by atoms with Crippen molar-refractivity contribution < 1.29 is 0 Å². The highest BCUT2D eigenvalue weighted by atomic mass is 15.2. The van der Waals surface area contributed by atoms with Crippen molar-refractivity contribution in [1.82, 2.24) is 10.2 Å². The number of likely N-dealkylation sites (tertiary alicyclic amines) is 1. The van der Waals surface area contributed by atoms with Crippen LogP contribution in [0.5, 0.6) is 0 Å². The molecule has 2 fully saturated rings. The van der Waals surface area contributed by atoms with Gasteiger partial charge in [-0.25, -0.2) is 0 Å². The van der Waals surface area contributed by atoms with Crippen molar-refractivity contribution in [2.24, 2.45) is 5.92 Å². The zero-order valence-corrected chi connectivity index (χ0v) is 11.8. The van der Waals surface area contributed by atoms with Gasteiger partial charge in [0.2, 0.25) is 0 Å². The summed E-state index contributed by atoms with van der Waals surface area (Å²) in [4.78, 5) is 2.69. The number of hydrogen-bond acceptors (Lipinski definition) is 2. The summed E-state index contributed by atoms with van der Waals surface area (Å²) in [6.45, 7) is 8.54. The Kier molecular flexibility index (Phi) is 5.30. The molecule has 0 aromatic heterocycles. The van der Waals surface area contributed by atoms with E-state index in [0.29, 0.717) is 0 Å². The zero-order chi connectivity index (χ0) is 12.1. The van der Waals surface area contributed by atoms with Crippen LogP contribution in [0.25, 0.3) is 0 Å². The van der Waals surface area contributed by atoms with Gasteiger partial charge in [0.25, 0.3) is 0 Å². The summed E-state index contributed by atoms with van der Waals surface area (Å²) in [6.07, 6.45) is 9.86. The Morgan fingerprint density at radius 1 is 1.18 bits per heavy atom. The van der Waals surface area contributed by atoms with E-state index in [-0.39, 0.29) is 0 Å². The third-order valence-electron chi connectivity index (χ3n) is 4.74. The van der Waals surface area contributed by atoms with Gasteiger partial charge in [-0.2, -0.15) is 0 Å². The molecule has 0 radical (unpaired) electrons. The minimum atomic E-state index is 0.807. The van der Waals surface area contributed by atoms with Crippen LogP contribution in [0.2, 0.25) is 0 Å². The molecule has 1 N–H and O–H groups in total. The van der Waals surface area contributed by atoms with Gasteiger partial charge in [-0.1, -0.05) is 26.7 Å². The molecule has 1 saturated heterocycles. The fourth-order valence-electron chi connectivity index (χ4n) is 3.68. The van der Waals surface area contributed by atoms with Gasteiger partial charge in [0.1, 0.15) is 0 Å². The number of nitrogens with one attached hydrogen (secondary N) is 1. The van der Waals surface area contributed by atoms with Crippen LogP contribution in [0.1, 0.15) is 58.8 Å². The predicted molar refractivity (Wildman–Crippen MR) is 74.3 cm³/mol. The molecule has 2 nitrogen and oxygen atoms in total. The summed E-state index contributed by atoms with van der Waals surface area (Å²) in [6, 6.07) is 1.68. The predicted octanol–water partition coefficient (Wildman–Crippen LogP) is 3.03. The van der Waals surface area contributed by atoms with E-state index in [9.17, 15) is 0 Å². The summed E-state index contributed by atoms with van der Waals surface area (Å²) in [5.41, 5.74) is 0. The molecule has 0 bridgehead atoms. The lowest BCUT2D eigenvalue weighted by molar-refractivity contribution is 0.233. The highest BCUT2D eigenvalue weighted by molar-refractivity contribution is 4.80. The molecule has 2 aliphatic rings. The van der Waals surface area contributed by atoms with E-state index in [0.717, 1.165) is 18.0 Å². The molecule has 0 spiro atoms. The molecule has 100 valence electrons. The first-order valence-electron chi connectivity index (χ1n) is 7.77. The van der Waals surface area contributed by atoms with Gasteiger partial charge < -0.3 is 5.32 Å². The normalized spacial score (nSPS) is 35.3. The molecule has 2 heteroatoms. The average Bonchev–Trinajstić information content (AvgIpc) is 2.77. The van der Waals surface area contributed by atoms with Crippen LogP contribution in [0, 0.1) is 5.92 Å². The van der Waals surface area contributed by atoms with Crippen LogP contribution in [0.3, 0.4) is 0 Å². The Bertz CT molecular complexity index is 217. The van der Waals surface area contributed by atoms with Crippen molar-refractivity contribution in [2.45, 2.75) is 70.9 Å². The fraction of sp³-hybridized carbons (Fsp3) is 1.00. The Morgan fingerprint density at radius 2 is 2.06 bits per heavy atom. The van der Waals surface area contributed by atoms with Gasteiger partial charge in [-0.15, -0.1) is 0 Å². The van der Waals surface area contributed by atoms with E-state index >= 15 is 0 Å². The van der Waals surface area contributed by atoms with E-state index < -0.39 is 0 Å². The first-order valence-corrected chi connectivity index (χ1v) is 7.77. The standard InChI is InChI=1S/C15H30N2/c1-3-15-8-5-10-17(15)11-9-16-14-7-4-6-13(2)12-14/h13-16H,3-12H2,1-2H3. The molecule has 3 atom stereocenters. The van der Waals surface area contributed by atoms with Crippen molar-refractivity contribution in [1.29, 1.82) is 0 Å². The van der Waals surface area contributed by atoms with Gasteiger partial charge in [-0.3, -0.25) is 4.90 Å². The first-order chi connectivity index (χ1) is 8.29. The van der Waals surface area contributed by atoms with Gasteiger partial charge in [0.05, 0.1) is 0 Å². The van der Waals surface area contributed by atoms with Crippen molar-refractivity contribution in [3.63, 3.8) is 0 Å². The van der Waals surface area contributed by atoms with E-state index in [1.54, 1.807) is 0 Å². The van der Waals surface area contributed by atoms with Crippen LogP contribution in [-0.4, -0.2) is 36.6 Å². The maximum atomic E-state index is 3.78. The summed E-state index contributed by atoms with van der Waals surface area (Å²) in [5.74, 6) is 0.941. The lowest BCUT2D eigenvalue weighted by atomic mass is 9.87. The topological polar surface area (TPSA) is 15.3 Å². The second-order valence-corrected chi connectivity index (χ2v) is 6.16. The van der Waals surface area contributed by atoms with Crippen molar-refractivity contribution >= 4 is 0 Å². The Hall–Kier alpha value is -0.0800. The average molecular weight is 238 g/mol. The summed E-state index contributed by atoms with van der Waals surface area (Å²) in [5, 5.41) is 3.78. The van der Waals surface area contributed by atoms with Crippen LogP contribution in [-0.2, 0) is 0 Å². The summed E-state index contributed by atoms with van der Waals surface area (Å²) >= 11 is 0. The minimum absolute atomic E-state index is 0.807. The van der Waals surface area contributed by atoms with Gasteiger partial charge in [0, 0.05) is 25.2 Å². The third kappa shape index (κ3) is 3.96. The van der Waals surface area contributed by atoms with E-state index in [1.165, 1.54) is 64.6 Å². The van der Waals surface area contributed by atoms with E-state index in [2.05, 4.69) is 24.1 Å². The molecule has 17 heavy (non-hydrogen) atoms. The SMILES string of the molecule is CCC1CCCN1CCNC1CCCC(C)C1. The molecule has 2 rings (SSSR count). The molecule has 1 saturated carbocycles. The van der Waals surface area contributed by atoms with Crippen LogP contribution in [0.4, 0.5) is 0 Å². The van der Waals surface area contributed by atoms with E-state index in [1.807, 2.05) is 0 Å². The fourth-order valence-corrected chi connectivity index (χ4v) is 3.68. The van der Waals surface area contributed by atoms with Gasteiger partial charge in [-0.05, 0) is 44.6 Å². The molecule has 1 aliphatic heterocycles. The Morgan fingerprint density at radius 3 is 2.82 bits per heavy atom. The Labute approximate surface area is 107 Å². The zero-order valence-electron chi connectivity index (χ0n) is 11.8. The highest BCUT2D eigenvalue weighted by Crippen LogP contribution is 2.23. The Balaban J connectivity index is 1.62. The second kappa shape index (κ2) is 6.75. The molecule has 1 aliphatic carbocycles. The first kappa shape index (κ1) is 13.4. The smallest absolute Gasteiger partial charge is 0.0110 e.